The molecule has 2 amide bonds. The molecule has 9 heteroatoms. The lowest BCUT2D eigenvalue weighted by molar-refractivity contribution is -0.122. The number of anilines is 1. The second-order valence-corrected chi connectivity index (χ2v) is 10.9. The van der Waals surface area contributed by atoms with Crippen LogP contribution in [-0.2, 0) is 14.3 Å². The molecule has 1 aliphatic rings. The average Bonchev–Trinajstić information content (AvgIpc) is 3.57. The Morgan fingerprint density at radius 1 is 1.13 bits per heavy atom. The molecule has 38 heavy (non-hydrogen) atoms. The van der Waals surface area contributed by atoms with Crippen LogP contribution >= 0.6 is 23.1 Å². The third-order valence-corrected chi connectivity index (χ3v) is 8.43. The summed E-state index contributed by atoms with van der Waals surface area (Å²) in [5, 5.41) is 12.2. The van der Waals surface area contributed by atoms with Gasteiger partial charge in [0.1, 0.15) is 12.4 Å². The lowest BCUT2D eigenvalue weighted by Gasteiger charge is -2.23. The number of nitrogens with one attached hydrogen (secondary N) is 1. The third kappa shape index (κ3) is 5.41. The van der Waals surface area contributed by atoms with Crippen LogP contribution in [0.15, 0.2) is 71.4 Å². The quantitative estimate of drug-likeness (QED) is 0.291. The predicted molar refractivity (Wildman–Crippen MR) is 154 cm³/mol. The summed E-state index contributed by atoms with van der Waals surface area (Å²) in [5.41, 5.74) is 5.75. The van der Waals surface area contributed by atoms with Crippen LogP contribution in [0.25, 0.3) is 16.9 Å². The van der Waals surface area contributed by atoms with Gasteiger partial charge in [-0.2, -0.15) is 16.4 Å². The standard InChI is InChI=1S/C29H30N4O3S2/c1-20-9-6-7-12-23(20)33-29-26(27(31-33)21-10-4-3-5-11-21)28(22-13-16-37-18-22)38-19-25(35)32(29)17-24(34)30-14-8-15-36-2/h3-7,9-13,16,18,28H,8,14-15,17,19H2,1-2H3,(H,30,34)/t28-/m0/s1. The van der Waals surface area contributed by atoms with Crippen molar-refractivity contribution in [1.82, 2.24) is 15.1 Å². The van der Waals surface area contributed by atoms with Gasteiger partial charge in [-0.25, -0.2) is 4.68 Å². The summed E-state index contributed by atoms with van der Waals surface area (Å²) in [4.78, 5) is 28.4. The highest BCUT2D eigenvalue weighted by Crippen LogP contribution is 2.49. The number of rotatable bonds is 9. The zero-order valence-electron chi connectivity index (χ0n) is 21.4. The van der Waals surface area contributed by atoms with Gasteiger partial charge >= 0.3 is 0 Å². The summed E-state index contributed by atoms with van der Waals surface area (Å²) in [7, 11) is 1.64. The monoisotopic (exact) mass is 546 g/mol. The first-order valence-electron chi connectivity index (χ1n) is 12.5. The average molecular weight is 547 g/mol. The molecule has 0 saturated heterocycles. The molecule has 0 bridgehead atoms. The van der Waals surface area contributed by atoms with Crippen molar-refractivity contribution in [2.24, 2.45) is 0 Å². The molecule has 1 N–H and O–H groups in total. The van der Waals surface area contributed by atoms with Crippen LogP contribution in [0.3, 0.4) is 0 Å². The number of thiophene rings is 1. The Hall–Kier alpha value is -3.40. The maximum atomic E-state index is 13.7. The minimum atomic E-state index is -0.210. The van der Waals surface area contributed by atoms with Crippen molar-refractivity contribution < 1.29 is 14.3 Å². The van der Waals surface area contributed by atoms with Crippen LogP contribution in [0.5, 0.6) is 0 Å². The molecule has 1 atom stereocenters. The van der Waals surface area contributed by atoms with Gasteiger partial charge in [-0.05, 0) is 47.4 Å². The molecule has 1 aliphatic heterocycles. The molecular weight excluding hydrogens is 516 g/mol. The van der Waals surface area contributed by atoms with E-state index in [1.54, 1.807) is 35.1 Å². The summed E-state index contributed by atoms with van der Waals surface area (Å²) in [6, 6.07) is 20.1. The summed E-state index contributed by atoms with van der Waals surface area (Å²) in [6.45, 7) is 3.00. The number of fused-ring (bicyclic) bond motifs is 1. The van der Waals surface area contributed by atoms with E-state index in [-0.39, 0.29) is 29.4 Å². The molecule has 196 valence electrons. The smallest absolute Gasteiger partial charge is 0.240 e. The Balaban J connectivity index is 1.70. The number of hydrogen-bond donors (Lipinski definition) is 1. The molecule has 3 heterocycles. The van der Waals surface area contributed by atoms with Crippen LogP contribution < -0.4 is 10.2 Å². The van der Waals surface area contributed by atoms with Gasteiger partial charge in [0.25, 0.3) is 0 Å². The molecule has 0 aliphatic carbocycles. The maximum absolute atomic E-state index is 13.7. The maximum Gasteiger partial charge on any atom is 0.240 e. The van der Waals surface area contributed by atoms with Gasteiger partial charge in [-0.15, -0.1) is 11.8 Å². The molecule has 0 radical (unpaired) electrons. The number of methoxy groups -OCH3 is 1. The van der Waals surface area contributed by atoms with Gasteiger partial charge in [0.2, 0.25) is 11.8 Å². The number of aryl methyl sites for hydroxylation is 1. The lowest BCUT2D eigenvalue weighted by atomic mass is 10.0. The van der Waals surface area contributed by atoms with E-state index in [0.29, 0.717) is 25.4 Å². The highest BCUT2D eigenvalue weighted by Gasteiger charge is 2.38. The van der Waals surface area contributed by atoms with Crippen molar-refractivity contribution >= 4 is 40.7 Å². The van der Waals surface area contributed by atoms with E-state index in [4.69, 9.17) is 9.84 Å². The van der Waals surface area contributed by atoms with E-state index in [1.807, 2.05) is 66.2 Å². The van der Waals surface area contributed by atoms with Crippen molar-refractivity contribution in [1.29, 1.82) is 0 Å². The van der Waals surface area contributed by atoms with Gasteiger partial charge < -0.3 is 10.1 Å². The number of thioether (sulfide) groups is 1. The Labute approximate surface area is 230 Å². The Kier molecular flexibility index (Phi) is 8.26. The predicted octanol–water partition coefficient (Wildman–Crippen LogP) is 5.23. The zero-order chi connectivity index (χ0) is 26.5. The third-order valence-electron chi connectivity index (χ3n) is 6.47. The zero-order valence-corrected chi connectivity index (χ0v) is 23.1. The fourth-order valence-electron chi connectivity index (χ4n) is 4.63. The number of hydrogen-bond acceptors (Lipinski definition) is 6. The minimum Gasteiger partial charge on any atom is -0.385 e. The van der Waals surface area contributed by atoms with Gasteiger partial charge in [0, 0.05) is 31.4 Å². The second kappa shape index (κ2) is 12.0. The van der Waals surface area contributed by atoms with Crippen LogP contribution in [0.1, 0.15) is 28.4 Å². The molecule has 4 aromatic rings. The topological polar surface area (TPSA) is 76.5 Å². The van der Waals surface area contributed by atoms with E-state index >= 15 is 0 Å². The van der Waals surface area contributed by atoms with Crippen LogP contribution in [-0.4, -0.2) is 54.2 Å². The van der Waals surface area contributed by atoms with Crippen molar-refractivity contribution in [2.45, 2.75) is 18.6 Å². The van der Waals surface area contributed by atoms with Gasteiger partial charge in [-0.3, -0.25) is 14.5 Å². The number of amides is 2. The van der Waals surface area contributed by atoms with E-state index in [2.05, 4.69) is 22.1 Å². The fraction of sp³-hybridized carbons (Fsp3) is 0.276. The van der Waals surface area contributed by atoms with Crippen LogP contribution in [0.2, 0.25) is 0 Å². The Morgan fingerprint density at radius 2 is 1.92 bits per heavy atom. The van der Waals surface area contributed by atoms with Crippen LogP contribution in [0, 0.1) is 6.92 Å². The van der Waals surface area contributed by atoms with Gasteiger partial charge in [0.15, 0.2) is 0 Å². The number of benzene rings is 2. The number of nitrogens with zero attached hydrogens (tertiary/aromatic N) is 3. The first-order valence-corrected chi connectivity index (χ1v) is 14.5. The van der Waals surface area contributed by atoms with Crippen molar-refractivity contribution in [3.8, 4) is 16.9 Å². The first-order chi connectivity index (χ1) is 18.6. The van der Waals surface area contributed by atoms with Gasteiger partial charge in [-0.1, -0.05) is 48.5 Å². The highest BCUT2D eigenvalue weighted by atomic mass is 32.2. The van der Waals surface area contributed by atoms with E-state index < -0.39 is 0 Å². The summed E-state index contributed by atoms with van der Waals surface area (Å²) in [5.74, 6) is 0.582. The van der Waals surface area contributed by atoms with Gasteiger partial charge in [0.05, 0.1) is 22.4 Å². The van der Waals surface area contributed by atoms with Crippen molar-refractivity contribution in [3.05, 3.63) is 88.1 Å². The Morgan fingerprint density at radius 3 is 2.66 bits per heavy atom. The highest BCUT2D eigenvalue weighted by molar-refractivity contribution is 8.00. The van der Waals surface area contributed by atoms with E-state index in [0.717, 1.165) is 33.6 Å². The molecule has 0 spiro atoms. The minimum absolute atomic E-state index is 0.0818. The number of carbonyl (C=O) groups is 2. The normalized spacial score (nSPS) is 15.3. The summed E-state index contributed by atoms with van der Waals surface area (Å²) in [6.07, 6.45) is 0.705. The van der Waals surface area contributed by atoms with Crippen molar-refractivity contribution in [3.63, 3.8) is 0 Å². The number of aromatic nitrogens is 2. The Bertz CT molecular complexity index is 1400. The molecular formula is C29H30N4O3S2. The number of carbonyl (C=O) groups excluding carboxylic acids is 2. The fourth-order valence-corrected chi connectivity index (χ4v) is 6.59. The second-order valence-electron chi connectivity index (χ2n) is 9.07. The molecule has 0 fully saturated rings. The summed E-state index contributed by atoms with van der Waals surface area (Å²) >= 11 is 3.22. The van der Waals surface area contributed by atoms with E-state index in [1.165, 1.54) is 0 Å². The first kappa shape index (κ1) is 26.2. The summed E-state index contributed by atoms with van der Waals surface area (Å²) < 4.78 is 6.95. The molecule has 5 rings (SSSR count). The molecule has 2 aromatic carbocycles. The molecule has 2 aromatic heterocycles. The SMILES string of the molecule is COCCCNC(=O)CN1C(=O)CS[C@@H](c2ccsc2)c2c(-c3ccccc3)nn(-c3ccccc3C)c21. The molecule has 0 saturated carbocycles. The largest absolute Gasteiger partial charge is 0.385 e. The van der Waals surface area contributed by atoms with Crippen LogP contribution in [0.4, 0.5) is 5.82 Å². The number of para-hydroxylation sites is 1. The van der Waals surface area contributed by atoms with E-state index in [9.17, 15) is 9.59 Å². The lowest BCUT2D eigenvalue weighted by Crippen LogP contribution is -2.42. The van der Waals surface area contributed by atoms with Crippen molar-refractivity contribution in [2.75, 3.05) is 37.5 Å². The molecule has 0 unspecified atom stereocenters. The number of ether oxygens (including phenoxy) is 1. The molecule has 7 nitrogen and oxygen atoms in total.